The number of benzene rings is 5. The molecule has 0 amide bonds. The molecule has 0 saturated heterocycles. The van der Waals surface area contributed by atoms with Crippen molar-refractivity contribution in [2.45, 2.75) is 37.8 Å². The van der Waals surface area contributed by atoms with Crippen LogP contribution in [0.15, 0.2) is 60.7 Å². The fourth-order valence-electron chi connectivity index (χ4n) is 6.69. The summed E-state index contributed by atoms with van der Waals surface area (Å²) in [6.07, 6.45) is -9.57. The smallest absolute Gasteiger partial charge is 0.338 e. The van der Waals surface area contributed by atoms with Gasteiger partial charge in [0.15, 0.2) is 81.2 Å². The predicted molar refractivity (Wildman–Crippen MR) is 215 cm³/mol. The van der Waals surface area contributed by atoms with Crippen LogP contribution in [0.2, 0.25) is 0 Å². The molecule has 0 bridgehead atoms. The Morgan fingerprint density at radius 1 is 0.388 bits per heavy atom. The molecule has 0 heterocycles. The lowest BCUT2D eigenvalue weighted by Gasteiger charge is -2.44. The van der Waals surface area contributed by atoms with Gasteiger partial charge < -0.3 is 95.2 Å². The lowest BCUT2D eigenvalue weighted by Crippen LogP contribution is -2.60. The Morgan fingerprint density at radius 2 is 0.657 bits per heavy atom. The SMILES string of the molecule is Cc1c(O)cc(C(=O)O[C@@H]2CC(COC(=O)c3cc(O)c(O)c(O)c3)[C@@H](OC(=O)c3cc(O)c(O)c(O)c3)[C@H](OC(=O)c3cc(O)c(O)c(O)c3)C2OC(=O)c2cc(O)c(O)c(O)c2)cc1O. The summed E-state index contributed by atoms with van der Waals surface area (Å²) >= 11 is 0. The highest BCUT2D eigenvalue weighted by molar-refractivity contribution is 5.94. The van der Waals surface area contributed by atoms with Crippen molar-refractivity contribution in [1.29, 1.82) is 0 Å². The number of ether oxygens (including phenoxy) is 5. The Bertz CT molecular complexity index is 2720. The zero-order valence-electron chi connectivity index (χ0n) is 33.9. The summed E-state index contributed by atoms with van der Waals surface area (Å²) in [5, 5.41) is 142. The van der Waals surface area contributed by atoms with Crippen molar-refractivity contribution in [1.82, 2.24) is 0 Å². The Labute approximate surface area is 373 Å². The van der Waals surface area contributed by atoms with E-state index in [0.717, 1.165) is 12.1 Å². The van der Waals surface area contributed by atoms with Gasteiger partial charge in [-0.3, -0.25) is 0 Å². The van der Waals surface area contributed by atoms with Gasteiger partial charge in [0.1, 0.15) is 23.7 Å². The highest BCUT2D eigenvalue weighted by Crippen LogP contribution is 2.42. The van der Waals surface area contributed by atoms with E-state index in [9.17, 15) is 95.5 Å². The molecule has 352 valence electrons. The average molecular weight is 937 g/mol. The molecule has 1 saturated carbocycles. The number of hydrogen-bond acceptors (Lipinski definition) is 24. The van der Waals surface area contributed by atoms with Crippen LogP contribution in [0.3, 0.4) is 0 Å². The summed E-state index contributed by atoms with van der Waals surface area (Å²) < 4.78 is 28.2. The van der Waals surface area contributed by atoms with Crippen molar-refractivity contribution in [3.05, 3.63) is 94.0 Å². The number of carbonyl (C=O) groups is 5. The molecule has 24 nitrogen and oxygen atoms in total. The first-order valence-corrected chi connectivity index (χ1v) is 19.0. The zero-order chi connectivity index (χ0) is 49.3. The number of phenols is 14. The fourth-order valence-corrected chi connectivity index (χ4v) is 6.69. The topological polar surface area (TPSA) is 415 Å². The van der Waals surface area contributed by atoms with Gasteiger partial charge in [0, 0.05) is 11.5 Å². The van der Waals surface area contributed by atoms with E-state index in [2.05, 4.69) is 0 Å². The number of aromatic hydroxyl groups is 14. The number of esters is 5. The van der Waals surface area contributed by atoms with Gasteiger partial charge in [-0.2, -0.15) is 0 Å². The van der Waals surface area contributed by atoms with Crippen molar-refractivity contribution in [2.75, 3.05) is 6.61 Å². The van der Waals surface area contributed by atoms with Crippen LogP contribution in [-0.4, -0.2) is 132 Å². The van der Waals surface area contributed by atoms with E-state index in [1.807, 2.05) is 0 Å². The summed E-state index contributed by atoms with van der Waals surface area (Å²) in [5.41, 5.74) is -3.41. The van der Waals surface area contributed by atoms with Crippen molar-refractivity contribution in [3.63, 3.8) is 0 Å². The van der Waals surface area contributed by atoms with Crippen LogP contribution >= 0.6 is 0 Å². The Hall–Kier alpha value is -9.35. The summed E-state index contributed by atoms with van der Waals surface area (Å²) in [6, 6.07) is 6.67. The lowest BCUT2D eigenvalue weighted by molar-refractivity contribution is -0.170. The maximum absolute atomic E-state index is 14.0. The third-order valence-electron chi connectivity index (χ3n) is 10.2. The average Bonchev–Trinajstić information content (AvgIpc) is 3.27. The van der Waals surface area contributed by atoms with Crippen molar-refractivity contribution < 1.29 is 119 Å². The van der Waals surface area contributed by atoms with Gasteiger partial charge in [-0.1, -0.05) is 0 Å². The molecule has 5 aromatic carbocycles. The molecular formula is C43H36O24. The van der Waals surface area contributed by atoms with Crippen LogP contribution in [0.4, 0.5) is 0 Å². The minimum Gasteiger partial charge on any atom is -0.508 e. The Balaban J connectivity index is 1.52. The van der Waals surface area contributed by atoms with Gasteiger partial charge in [0.25, 0.3) is 0 Å². The first-order valence-electron chi connectivity index (χ1n) is 19.0. The van der Waals surface area contributed by atoms with E-state index < -0.39 is 182 Å². The normalized spacial score (nSPS) is 17.7. The Morgan fingerprint density at radius 3 is 1.00 bits per heavy atom. The molecule has 1 aliphatic rings. The largest absolute Gasteiger partial charge is 0.508 e. The van der Waals surface area contributed by atoms with Crippen LogP contribution in [0.5, 0.6) is 80.5 Å². The molecule has 24 heteroatoms. The van der Waals surface area contributed by atoms with Crippen LogP contribution in [0, 0.1) is 12.8 Å². The van der Waals surface area contributed by atoms with Gasteiger partial charge in [-0.25, -0.2) is 24.0 Å². The quantitative estimate of drug-likeness (QED) is 0.0514. The highest BCUT2D eigenvalue weighted by Gasteiger charge is 2.54. The van der Waals surface area contributed by atoms with E-state index in [1.54, 1.807) is 0 Å². The van der Waals surface area contributed by atoms with Gasteiger partial charge in [0.05, 0.1) is 34.4 Å². The van der Waals surface area contributed by atoms with Crippen molar-refractivity contribution in [3.8, 4) is 80.5 Å². The molecular weight excluding hydrogens is 900 g/mol. The molecule has 0 aliphatic heterocycles. The summed E-state index contributed by atoms with van der Waals surface area (Å²) in [7, 11) is 0. The van der Waals surface area contributed by atoms with E-state index in [0.29, 0.717) is 48.5 Å². The Kier molecular flexibility index (Phi) is 12.9. The van der Waals surface area contributed by atoms with E-state index in [4.69, 9.17) is 23.7 Å². The molecule has 5 aromatic rings. The van der Waals surface area contributed by atoms with E-state index >= 15 is 0 Å². The second-order valence-corrected chi connectivity index (χ2v) is 14.7. The third-order valence-corrected chi connectivity index (χ3v) is 10.2. The number of hydrogen-bond donors (Lipinski definition) is 14. The maximum atomic E-state index is 14.0. The van der Waals surface area contributed by atoms with Gasteiger partial charge >= 0.3 is 29.8 Å². The number of phenolic OH excluding ortho intramolecular Hbond substituents is 14. The van der Waals surface area contributed by atoms with Gasteiger partial charge in [0.2, 0.25) is 0 Å². The summed E-state index contributed by atoms with van der Waals surface area (Å²) in [6.45, 7) is 0.289. The molecule has 0 spiro atoms. The first kappa shape index (κ1) is 47.1. The van der Waals surface area contributed by atoms with Crippen LogP contribution < -0.4 is 0 Å². The maximum Gasteiger partial charge on any atom is 0.338 e. The van der Waals surface area contributed by atoms with E-state index in [-0.39, 0.29) is 5.56 Å². The summed E-state index contributed by atoms with van der Waals surface area (Å²) in [4.78, 5) is 68.9. The molecule has 0 radical (unpaired) electrons. The third kappa shape index (κ3) is 9.76. The van der Waals surface area contributed by atoms with Crippen LogP contribution in [0.25, 0.3) is 0 Å². The number of carbonyl (C=O) groups excluding carboxylic acids is 5. The van der Waals surface area contributed by atoms with Gasteiger partial charge in [-0.05, 0) is 74.0 Å². The molecule has 6 rings (SSSR count). The molecule has 5 atom stereocenters. The highest BCUT2D eigenvalue weighted by atomic mass is 16.6. The fraction of sp³-hybridized carbons (Fsp3) is 0.186. The minimum atomic E-state index is -2.37. The monoisotopic (exact) mass is 936 g/mol. The standard InChI is InChI=1S/C43H36O24/c1-14-21(44)2-16(3-22(14)45)40(59)64-31-12-20(13-63-39(58)15-4-23(46)32(54)24(47)5-15)36(65-41(60)17-6-25(48)33(55)26(49)7-17)38(67-43(62)19-10-29(52)35(57)30(53)11-19)37(31)66-42(61)18-8-27(50)34(56)28(51)9-18/h2-11,20,31,36-38,44-57H,12-13H2,1H3/t20?,31-,36-,37?,38+/m1/s1. The lowest BCUT2D eigenvalue weighted by atomic mass is 9.80. The molecule has 1 aliphatic carbocycles. The molecule has 0 aromatic heterocycles. The second kappa shape index (κ2) is 18.4. The molecule has 2 unspecified atom stereocenters. The molecule has 67 heavy (non-hydrogen) atoms. The van der Waals surface area contributed by atoms with Crippen molar-refractivity contribution >= 4 is 29.8 Å². The molecule has 1 fully saturated rings. The second-order valence-electron chi connectivity index (χ2n) is 14.7. The van der Waals surface area contributed by atoms with Gasteiger partial charge in [-0.15, -0.1) is 0 Å². The van der Waals surface area contributed by atoms with E-state index in [1.165, 1.54) is 6.92 Å². The summed E-state index contributed by atoms with van der Waals surface area (Å²) in [5.74, 6) is -22.9. The predicted octanol–water partition coefficient (Wildman–Crippen LogP) is 2.95. The van der Waals surface area contributed by atoms with Crippen LogP contribution in [0.1, 0.15) is 63.8 Å². The zero-order valence-corrected chi connectivity index (χ0v) is 33.9. The number of rotatable bonds is 11. The van der Waals surface area contributed by atoms with Crippen LogP contribution in [-0.2, 0) is 23.7 Å². The minimum absolute atomic E-state index is 0.0724. The first-order chi connectivity index (χ1) is 31.4. The van der Waals surface area contributed by atoms with Crippen molar-refractivity contribution in [2.24, 2.45) is 5.92 Å². The molecule has 14 N–H and O–H groups in total.